The Balaban J connectivity index is 1.59. The monoisotopic (exact) mass is 328 g/mol. The summed E-state index contributed by atoms with van der Waals surface area (Å²) in [6.45, 7) is 1.07. The van der Waals surface area contributed by atoms with Crippen LogP contribution in [0.1, 0.15) is 11.1 Å². The summed E-state index contributed by atoms with van der Waals surface area (Å²) in [4.78, 5) is 12.1. The van der Waals surface area contributed by atoms with Crippen LogP contribution in [0.4, 0.5) is 10.5 Å². The first kappa shape index (κ1) is 16.0. The third-order valence-corrected chi connectivity index (χ3v) is 3.81. The topological polar surface area (TPSA) is 68.8 Å². The van der Waals surface area contributed by atoms with Gasteiger partial charge in [-0.15, -0.1) is 0 Å². The number of benzene rings is 2. The Hall–Kier alpha value is -2.89. The molecular formula is C18H20N2O4. The van der Waals surface area contributed by atoms with Crippen LogP contribution in [0.3, 0.4) is 0 Å². The molecule has 1 aliphatic rings. The lowest BCUT2D eigenvalue weighted by Crippen LogP contribution is -2.28. The third kappa shape index (κ3) is 3.71. The van der Waals surface area contributed by atoms with Gasteiger partial charge in [0.1, 0.15) is 17.2 Å². The van der Waals surface area contributed by atoms with Gasteiger partial charge in [-0.3, -0.25) is 0 Å². The molecule has 0 radical (unpaired) electrons. The predicted octanol–water partition coefficient (Wildman–Crippen LogP) is 2.96. The van der Waals surface area contributed by atoms with Gasteiger partial charge in [0.15, 0.2) is 0 Å². The van der Waals surface area contributed by atoms with Gasteiger partial charge in [-0.1, -0.05) is 0 Å². The number of ether oxygens (including phenoxy) is 3. The van der Waals surface area contributed by atoms with Gasteiger partial charge in [0.2, 0.25) is 0 Å². The minimum absolute atomic E-state index is 0.268. The van der Waals surface area contributed by atoms with Gasteiger partial charge in [-0.2, -0.15) is 0 Å². The molecule has 0 saturated heterocycles. The molecule has 0 aliphatic carbocycles. The van der Waals surface area contributed by atoms with E-state index in [1.54, 1.807) is 20.3 Å². The van der Waals surface area contributed by atoms with Crippen molar-refractivity contribution in [2.24, 2.45) is 0 Å². The highest BCUT2D eigenvalue weighted by Gasteiger charge is 2.13. The van der Waals surface area contributed by atoms with E-state index < -0.39 is 0 Å². The van der Waals surface area contributed by atoms with Crippen molar-refractivity contribution in [1.29, 1.82) is 0 Å². The van der Waals surface area contributed by atoms with E-state index in [9.17, 15) is 4.79 Å². The number of rotatable bonds is 5. The van der Waals surface area contributed by atoms with Crippen molar-refractivity contribution in [3.63, 3.8) is 0 Å². The van der Waals surface area contributed by atoms with Crippen molar-refractivity contribution in [3.8, 4) is 17.2 Å². The summed E-state index contributed by atoms with van der Waals surface area (Å²) in [6.07, 6.45) is 0.871. The van der Waals surface area contributed by atoms with Crippen LogP contribution in [-0.4, -0.2) is 26.9 Å². The molecule has 126 valence electrons. The smallest absolute Gasteiger partial charge is 0.319 e. The van der Waals surface area contributed by atoms with Gasteiger partial charge in [0, 0.05) is 24.7 Å². The molecule has 3 rings (SSSR count). The Morgan fingerprint density at radius 3 is 2.58 bits per heavy atom. The number of methoxy groups -OCH3 is 2. The molecular weight excluding hydrogens is 308 g/mol. The molecule has 1 aliphatic heterocycles. The van der Waals surface area contributed by atoms with E-state index in [2.05, 4.69) is 10.6 Å². The fourth-order valence-corrected chi connectivity index (χ4v) is 2.59. The molecule has 1 heterocycles. The highest BCUT2D eigenvalue weighted by molar-refractivity contribution is 5.89. The van der Waals surface area contributed by atoms with Crippen molar-refractivity contribution in [1.82, 2.24) is 5.32 Å². The second-order valence-corrected chi connectivity index (χ2v) is 5.45. The summed E-state index contributed by atoms with van der Waals surface area (Å²) in [5, 5.41) is 5.66. The second-order valence-electron chi connectivity index (χ2n) is 5.45. The fourth-order valence-electron chi connectivity index (χ4n) is 2.59. The van der Waals surface area contributed by atoms with Gasteiger partial charge in [0.05, 0.1) is 20.8 Å². The summed E-state index contributed by atoms with van der Waals surface area (Å²) in [7, 11) is 3.19. The molecule has 24 heavy (non-hydrogen) atoms. The number of hydrogen-bond donors (Lipinski definition) is 2. The molecule has 6 nitrogen and oxygen atoms in total. The van der Waals surface area contributed by atoms with E-state index in [1.807, 2.05) is 30.3 Å². The van der Waals surface area contributed by atoms with Crippen molar-refractivity contribution in [3.05, 3.63) is 47.5 Å². The summed E-state index contributed by atoms with van der Waals surface area (Å²) in [6, 6.07) is 10.9. The molecule has 2 aromatic carbocycles. The average molecular weight is 328 g/mol. The van der Waals surface area contributed by atoms with Crippen LogP contribution in [0, 0.1) is 0 Å². The Labute approximate surface area is 140 Å². The van der Waals surface area contributed by atoms with Crippen LogP contribution in [0.2, 0.25) is 0 Å². The number of hydrogen-bond acceptors (Lipinski definition) is 4. The Morgan fingerprint density at radius 2 is 1.88 bits per heavy atom. The molecule has 2 amide bonds. The number of fused-ring (bicyclic) bond motifs is 1. The first-order chi connectivity index (χ1) is 11.7. The molecule has 6 heteroatoms. The standard InChI is InChI=1S/C18H20N2O4/c1-22-15-7-12(8-16(10-15)23-2)11-19-18(21)20-14-3-4-17-13(9-14)5-6-24-17/h3-4,7-10H,5-6,11H2,1-2H3,(H2,19,20,21). The molecule has 2 aromatic rings. The van der Waals surface area contributed by atoms with Gasteiger partial charge in [-0.25, -0.2) is 4.79 Å². The molecule has 0 unspecified atom stereocenters. The van der Waals surface area contributed by atoms with Crippen LogP contribution < -0.4 is 24.8 Å². The summed E-state index contributed by atoms with van der Waals surface area (Å²) in [5.74, 6) is 2.26. The van der Waals surface area contributed by atoms with Gasteiger partial charge < -0.3 is 24.8 Å². The van der Waals surface area contributed by atoms with E-state index in [1.165, 1.54) is 0 Å². The summed E-state index contributed by atoms with van der Waals surface area (Å²) < 4.78 is 15.9. The van der Waals surface area contributed by atoms with Crippen LogP contribution in [0.25, 0.3) is 0 Å². The van der Waals surface area contributed by atoms with Crippen molar-refractivity contribution in [2.75, 3.05) is 26.1 Å². The molecule has 2 N–H and O–H groups in total. The van der Waals surface area contributed by atoms with Crippen molar-refractivity contribution < 1.29 is 19.0 Å². The lowest BCUT2D eigenvalue weighted by Gasteiger charge is -2.11. The lowest BCUT2D eigenvalue weighted by molar-refractivity contribution is 0.251. The molecule has 0 saturated carbocycles. The van der Waals surface area contributed by atoms with E-state index >= 15 is 0 Å². The van der Waals surface area contributed by atoms with Crippen LogP contribution >= 0.6 is 0 Å². The van der Waals surface area contributed by atoms with Gasteiger partial charge in [-0.05, 0) is 41.5 Å². The Morgan fingerprint density at radius 1 is 1.12 bits per heavy atom. The zero-order valence-corrected chi connectivity index (χ0v) is 13.7. The van der Waals surface area contributed by atoms with Crippen LogP contribution in [-0.2, 0) is 13.0 Å². The zero-order valence-electron chi connectivity index (χ0n) is 13.7. The van der Waals surface area contributed by atoms with Crippen molar-refractivity contribution in [2.45, 2.75) is 13.0 Å². The number of amides is 2. The molecule has 0 atom stereocenters. The average Bonchev–Trinajstić information content (AvgIpc) is 3.07. The van der Waals surface area contributed by atoms with Crippen molar-refractivity contribution >= 4 is 11.7 Å². The van der Waals surface area contributed by atoms with E-state index in [-0.39, 0.29) is 6.03 Å². The number of anilines is 1. The maximum Gasteiger partial charge on any atom is 0.319 e. The van der Waals surface area contributed by atoms with E-state index in [0.29, 0.717) is 24.7 Å². The van der Waals surface area contributed by atoms with Crippen LogP contribution in [0.5, 0.6) is 17.2 Å². The fraction of sp³-hybridized carbons (Fsp3) is 0.278. The molecule has 0 fully saturated rings. The second kappa shape index (κ2) is 7.12. The zero-order chi connectivity index (χ0) is 16.9. The molecule has 0 spiro atoms. The van der Waals surface area contributed by atoms with Gasteiger partial charge in [0.25, 0.3) is 0 Å². The van der Waals surface area contributed by atoms with E-state index in [0.717, 1.165) is 29.0 Å². The normalized spacial score (nSPS) is 12.1. The molecule has 0 aromatic heterocycles. The maximum absolute atomic E-state index is 12.1. The lowest BCUT2D eigenvalue weighted by atomic mass is 10.1. The Kier molecular flexibility index (Phi) is 4.74. The molecule has 0 bridgehead atoms. The SMILES string of the molecule is COc1cc(CNC(=O)Nc2ccc3c(c2)CCO3)cc(OC)c1. The van der Waals surface area contributed by atoms with Crippen LogP contribution in [0.15, 0.2) is 36.4 Å². The number of carbonyl (C=O) groups is 1. The third-order valence-electron chi connectivity index (χ3n) is 3.81. The van der Waals surface area contributed by atoms with Gasteiger partial charge >= 0.3 is 6.03 Å². The summed E-state index contributed by atoms with van der Waals surface area (Å²) >= 11 is 0. The first-order valence-electron chi connectivity index (χ1n) is 7.70. The number of carbonyl (C=O) groups excluding carboxylic acids is 1. The highest BCUT2D eigenvalue weighted by Crippen LogP contribution is 2.27. The summed E-state index contributed by atoms with van der Waals surface area (Å²) in [5.41, 5.74) is 2.76. The minimum atomic E-state index is -0.268. The van der Waals surface area contributed by atoms with E-state index in [4.69, 9.17) is 14.2 Å². The maximum atomic E-state index is 12.1. The number of urea groups is 1. The quantitative estimate of drug-likeness (QED) is 0.885. The minimum Gasteiger partial charge on any atom is -0.497 e. The number of nitrogens with one attached hydrogen (secondary N) is 2. The highest BCUT2D eigenvalue weighted by atomic mass is 16.5. The Bertz CT molecular complexity index is 724. The predicted molar refractivity (Wildman–Crippen MR) is 91.0 cm³/mol. The first-order valence-corrected chi connectivity index (χ1v) is 7.70. The largest absolute Gasteiger partial charge is 0.497 e.